The highest BCUT2D eigenvalue weighted by Crippen LogP contribution is 2.18. The summed E-state index contributed by atoms with van der Waals surface area (Å²) in [6.45, 7) is 3.63. The van der Waals surface area contributed by atoms with Crippen molar-refractivity contribution in [3.05, 3.63) is 36.0 Å². The highest BCUT2D eigenvalue weighted by molar-refractivity contribution is 5.93. The van der Waals surface area contributed by atoms with E-state index < -0.39 is 41.8 Å². The lowest BCUT2D eigenvalue weighted by atomic mass is 9.98. The van der Waals surface area contributed by atoms with E-state index >= 15 is 0 Å². The molecule has 2 rings (SSSR count). The molecule has 0 saturated carbocycles. The zero-order valence-corrected chi connectivity index (χ0v) is 20.9. The average molecular weight is 503 g/mol. The number of nitrogens with one attached hydrogen (secondary N) is 4. The highest BCUT2D eigenvalue weighted by atomic mass is 16.4. The number of carboxylic acids is 1. The Morgan fingerprint density at radius 3 is 2.47 bits per heavy atom. The Morgan fingerprint density at radius 1 is 1.08 bits per heavy atom. The van der Waals surface area contributed by atoms with E-state index in [0.717, 1.165) is 16.5 Å². The molecular formula is C25H38N6O5. The lowest BCUT2D eigenvalue weighted by molar-refractivity contribution is -0.143. The van der Waals surface area contributed by atoms with Crippen LogP contribution in [0, 0.1) is 5.92 Å². The van der Waals surface area contributed by atoms with Crippen molar-refractivity contribution in [2.45, 2.75) is 64.1 Å². The van der Waals surface area contributed by atoms with Gasteiger partial charge in [0.15, 0.2) is 0 Å². The maximum absolute atomic E-state index is 12.8. The van der Waals surface area contributed by atoms with Gasteiger partial charge in [-0.15, -0.1) is 0 Å². The normalized spacial score (nSPS) is 14.4. The molecule has 36 heavy (non-hydrogen) atoms. The fourth-order valence-corrected chi connectivity index (χ4v) is 3.87. The number of unbranched alkanes of at least 4 members (excludes halogenated alkanes) is 1. The summed E-state index contributed by atoms with van der Waals surface area (Å²) in [7, 11) is 0. The smallest absolute Gasteiger partial charge is 0.326 e. The van der Waals surface area contributed by atoms with Crippen LogP contribution >= 0.6 is 0 Å². The Kier molecular flexibility index (Phi) is 11.4. The van der Waals surface area contributed by atoms with Gasteiger partial charge in [-0.05, 0) is 49.8 Å². The minimum absolute atomic E-state index is 0.285. The second-order valence-electron chi connectivity index (χ2n) is 9.00. The van der Waals surface area contributed by atoms with Gasteiger partial charge in [-0.3, -0.25) is 14.4 Å². The third-order valence-electron chi connectivity index (χ3n) is 6.25. The molecule has 0 saturated heterocycles. The molecular weight excluding hydrogens is 464 g/mol. The number of aromatic nitrogens is 1. The number of H-pyrrole nitrogens is 1. The van der Waals surface area contributed by atoms with E-state index in [0.29, 0.717) is 25.8 Å². The van der Waals surface area contributed by atoms with E-state index in [-0.39, 0.29) is 25.3 Å². The Hall–Kier alpha value is -3.44. The minimum Gasteiger partial charge on any atom is -0.480 e. The van der Waals surface area contributed by atoms with Crippen molar-refractivity contribution in [3.8, 4) is 0 Å². The lowest BCUT2D eigenvalue weighted by Gasteiger charge is -2.24. The zero-order valence-electron chi connectivity index (χ0n) is 20.9. The summed E-state index contributed by atoms with van der Waals surface area (Å²) in [5.74, 6) is -3.09. The minimum atomic E-state index is -1.14. The standard InChI is InChI=1S/C25H38N6O5/c1-3-15(2)22(25(35)36)31-24(34)20(10-6-7-11-26)30-21(32)14-29-23(33)18(27)12-16-13-28-19-9-5-4-8-17(16)19/h4-5,8-9,13,15,18,20,22,28H,3,6-7,10-12,14,26-27H2,1-2H3,(H,29,33)(H,30,32)(H,31,34)(H,35,36). The Morgan fingerprint density at radius 2 is 1.81 bits per heavy atom. The van der Waals surface area contributed by atoms with Crippen LogP contribution in [0.1, 0.15) is 45.1 Å². The molecule has 3 amide bonds. The average Bonchev–Trinajstić information content (AvgIpc) is 3.27. The van der Waals surface area contributed by atoms with Crippen molar-refractivity contribution in [2.75, 3.05) is 13.1 Å². The van der Waals surface area contributed by atoms with Crippen LogP contribution in [-0.4, -0.2) is 65.0 Å². The van der Waals surface area contributed by atoms with Gasteiger partial charge in [-0.25, -0.2) is 4.79 Å². The van der Waals surface area contributed by atoms with E-state index in [4.69, 9.17) is 11.5 Å². The molecule has 1 heterocycles. The van der Waals surface area contributed by atoms with Gasteiger partial charge >= 0.3 is 5.97 Å². The molecule has 4 atom stereocenters. The van der Waals surface area contributed by atoms with Crippen LogP contribution in [0.4, 0.5) is 0 Å². The van der Waals surface area contributed by atoms with Crippen LogP contribution in [0.5, 0.6) is 0 Å². The number of carboxylic acid groups (broad SMARTS) is 1. The molecule has 4 unspecified atom stereocenters. The van der Waals surface area contributed by atoms with Gasteiger partial charge in [0.2, 0.25) is 17.7 Å². The monoisotopic (exact) mass is 502 g/mol. The molecule has 0 aliphatic heterocycles. The SMILES string of the molecule is CCC(C)C(NC(=O)C(CCCCN)NC(=O)CNC(=O)C(N)Cc1c[nH]c2ccccc12)C(=O)O. The number of para-hydroxylation sites is 1. The number of aliphatic carboxylic acids is 1. The zero-order chi connectivity index (χ0) is 26.7. The van der Waals surface area contributed by atoms with E-state index in [1.807, 2.05) is 31.2 Å². The van der Waals surface area contributed by atoms with E-state index in [1.54, 1.807) is 13.1 Å². The Labute approximate surface area is 210 Å². The molecule has 198 valence electrons. The summed E-state index contributed by atoms with van der Waals surface area (Å²) >= 11 is 0. The first-order chi connectivity index (χ1) is 17.2. The maximum Gasteiger partial charge on any atom is 0.326 e. The van der Waals surface area contributed by atoms with Gasteiger partial charge in [-0.2, -0.15) is 0 Å². The summed E-state index contributed by atoms with van der Waals surface area (Å²) in [5, 5.41) is 18.1. The van der Waals surface area contributed by atoms with Crippen LogP contribution in [0.2, 0.25) is 0 Å². The number of carbonyl (C=O) groups is 4. The van der Waals surface area contributed by atoms with Crippen molar-refractivity contribution in [1.29, 1.82) is 0 Å². The van der Waals surface area contributed by atoms with Crippen LogP contribution in [0.15, 0.2) is 30.5 Å². The fourth-order valence-electron chi connectivity index (χ4n) is 3.87. The van der Waals surface area contributed by atoms with E-state index in [9.17, 15) is 24.3 Å². The number of amides is 3. The van der Waals surface area contributed by atoms with Gasteiger partial charge in [0.25, 0.3) is 0 Å². The molecule has 2 aromatic rings. The van der Waals surface area contributed by atoms with Crippen molar-refractivity contribution in [1.82, 2.24) is 20.9 Å². The predicted molar refractivity (Wildman–Crippen MR) is 137 cm³/mol. The number of nitrogens with two attached hydrogens (primary N) is 2. The lowest BCUT2D eigenvalue weighted by Crippen LogP contribution is -2.55. The molecule has 0 aliphatic rings. The van der Waals surface area contributed by atoms with Crippen molar-refractivity contribution in [2.24, 2.45) is 17.4 Å². The molecule has 0 bridgehead atoms. The number of rotatable bonds is 15. The van der Waals surface area contributed by atoms with Crippen molar-refractivity contribution in [3.63, 3.8) is 0 Å². The summed E-state index contributed by atoms with van der Waals surface area (Å²) < 4.78 is 0. The Balaban J connectivity index is 1.93. The molecule has 1 aromatic heterocycles. The van der Waals surface area contributed by atoms with Gasteiger partial charge < -0.3 is 37.5 Å². The number of hydrogen-bond donors (Lipinski definition) is 7. The molecule has 0 fully saturated rings. The molecule has 9 N–H and O–H groups in total. The van der Waals surface area contributed by atoms with Crippen molar-refractivity contribution < 1.29 is 24.3 Å². The molecule has 0 spiro atoms. The first-order valence-corrected chi connectivity index (χ1v) is 12.3. The van der Waals surface area contributed by atoms with Crippen LogP contribution < -0.4 is 27.4 Å². The summed E-state index contributed by atoms with van der Waals surface area (Å²) in [5.41, 5.74) is 13.4. The largest absolute Gasteiger partial charge is 0.480 e. The maximum atomic E-state index is 12.8. The third kappa shape index (κ3) is 8.35. The van der Waals surface area contributed by atoms with Crippen LogP contribution in [0.3, 0.4) is 0 Å². The van der Waals surface area contributed by atoms with Gasteiger partial charge in [0.05, 0.1) is 12.6 Å². The molecule has 11 heteroatoms. The first-order valence-electron chi connectivity index (χ1n) is 12.3. The van der Waals surface area contributed by atoms with Crippen LogP contribution in [-0.2, 0) is 25.6 Å². The fraction of sp³-hybridized carbons (Fsp3) is 0.520. The topological polar surface area (TPSA) is 192 Å². The second kappa shape index (κ2) is 14.2. The summed E-state index contributed by atoms with van der Waals surface area (Å²) in [6.07, 6.45) is 4.15. The number of carbonyl (C=O) groups excluding carboxylic acids is 3. The van der Waals surface area contributed by atoms with Gasteiger partial charge in [-0.1, -0.05) is 38.5 Å². The predicted octanol–water partition coefficient (Wildman–Crippen LogP) is 0.383. The highest BCUT2D eigenvalue weighted by Gasteiger charge is 2.29. The first kappa shape index (κ1) is 28.8. The van der Waals surface area contributed by atoms with E-state index in [1.165, 1.54) is 0 Å². The number of hydrogen-bond acceptors (Lipinski definition) is 6. The second-order valence-corrected chi connectivity index (χ2v) is 9.00. The third-order valence-corrected chi connectivity index (χ3v) is 6.25. The number of benzene rings is 1. The van der Waals surface area contributed by atoms with Gasteiger partial charge in [0, 0.05) is 17.1 Å². The van der Waals surface area contributed by atoms with Gasteiger partial charge in [0.1, 0.15) is 12.1 Å². The Bertz CT molecular complexity index is 1040. The summed E-state index contributed by atoms with van der Waals surface area (Å²) in [4.78, 5) is 52.5. The molecule has 1 aromatic carbocycles. The quantitative estimate of drug-likeness (QED) is 0.171. The van der Waals surface area contributed by atoms with Crippen molar-refractivity contribution >= 4 is 34.6 Å². The number of fused-ring (bicyclic) bond motifs is 1. The molecule has 0 radical (unpaired) electrons. The molecule has 11 nitrogen and oxygen atoms in total. The molecule has 0 aliphatic carbocycles. The van der Waals surface area contributed by atoms with Crippen LogP contribution in [0.25, 0.3) is 10.9 Å². The van der Waals surface area contributed by atoms with E-state index in [2.05, 4.69) is 20.9 Å². The summed E-state index contributed by atoms with van der Waals surface area (Å²) in [6, 6.07) is 4.78. The number of aromatic amines is 1.